The van der Waals surface area contributed by atoms with Crippen molar-refractivity contribution < 1.29 is 18.7 Å². The highest BCUT2D eigenvalue weighted by atomic mass is 35.5. The Labute approximate surface area is 194 Å². The van der Waals surface area contributed by atoms with Gasteiger partial charge in [0.05, 0.1) is 16.3 Å². The Kier molecular flexibility index (Phi) is 4.97. The topological polar surface area (TPSA) is 180 Å². The summed E-state index contributed by atoms with van der Waals surface area (Å²) >= 11 is 5.99. The molecule has 4 aromatic rings. The maximum atomic E-state index is 14.1. The lowest BCUT2D eigenvalue weighted by Gasteiger charge is -2.25. The zero-order valence-corrected chi connectivity index (χ0v) is 17.9. The summed E-state index contributed by atoms with van der Waals surface area (Å²) in [5.74, 6) is -1.71. The van der Waals surface area contributed by atoms with Gasteiger partial charge in [-0.1, -0.05) is 11.6 Å². The summed E-state index contributed by atoms with van der Waals surface area (Å²) in [7, 11) is 0. The number of nitrogens with two attached hydrogens (primary N) is 2. The number of nitro groups is 1. The van der Waals surface area contributed by atoms with Crippen LogP contribution in [-0.2, 0) is 0 Å². The number of halogens is 2. The molecule has 1 aliphatic rings. The maximum absolute atomic E-state index is 14.1. The van der Waals surface area contributed by atoms with E-state index in [9.17, 15) is 19.3 Å². The number of aromatic nitrogens is 4. The highest BCUT2D eigenvalue weighted by molar-refractivity contribution is 6.32. The van der Waals surface area contributed by atoms with Crippen LogP contribution in [0.2, 0.25) is 5.15 Å². The number of rotatable bonds is 5. The maximum Gasteiger partial charge on any atom is 0.300 e. The molecule has 14 heteroatoms. The average Bonchev–Trinajstić information content (AvgIpc) is 3.53. The van der Waals surface area contributed by atoms with Crippen molar-refractivity contribution in [1.29, 1.82) is 0 Å². The molecule has 34 heavy (non-hydrogen) atoms. The predicted molar refractivity (Wildman–Crippen MR) is 119 cm³/mol. The van der Waals surface area contributed by atoms with Gasteiger partial charge in [-0.15, -0.1) is 0 Å². The first kappa shape index (κ1) is 21.5. The Bertz CT molecular complexity index is 1490. The predicted octanol–water partition coefficient (Wildman–Crippen LogP) is 3.73. The molecular weight excluding hydrogens is 471 g/mol. The number of nitrogen functional groups attached to an aromatic ring is 2. The lowest BCUT2D eigenvalue weighted by atomic mass is 10.0. The van der Waals surface area contributed by atoms with Crippen LogP contribution < -0.4 is 16.4 Å². The van der Waals surface area contributed by atoms with Gasteiger partial charge in [0.1, 0.15) is 5.82 Å². The first-order chi connectivity index (χ1) is 16.3. The van der Waals surface area contributed by atoms with E-state index in [1.807, 2.05) is 0 Å². The van der Waals surface area contributed by atoms with E-state index in [4.69, 9.17) is 27.7 Å². The molecule has 4 N–H and O–H groups in total. The van der Waals surface area contributed by atoms with Crippen LogP contribution in [0.15, 0.2) is 35.0 Å². The highest BCUT2D eigenvalue weighted by Gasteiger charge is 2.35. The van der Waals surface area contributed by atoms with E-state index in [0.717, 1.165) is 23.8 Å². The molecule has 1 aliphatic carbocycles. The number of hydrogen-bond acceptors (Lipinski definition) is 10. The molecule has 2 heterocycles. The number of benzene rings is 2. The highest BCUT2D eigenvalue weighted by Crippen LogP contribution is 2.47. The minimum Gasteiger partial charge on any atom is -0.382 e. The van der Waals surface area contributed by atoms with Gasteiger partial charge in [-0.05, 0) is 58.9 Å². The smallest absolute Gasteiger partial charge is 0.300 e. The molecule has 0 bridgehead atoms. The van der Waals surface area contributed by atoms with E-state index in [-0.39, 0.29) is 50.8 Å². The Morgan fingerprint density at radius 1 is 1.12 bits per heavy atom. The fourth-order valence-corrected chi connectivity index (χ4v) is 3.80. The molecule has 1 fully saturated rings. The van der Waals surface area contributed by atoms with Crippen LogP contribution in [0.5, 0.6) is 0 Å². The van der Waals surface area contributed by atoms with Gasteiger partial charge in [-0.2, -0.15) is 0 Å². The molecule has 0 radical (unpaired) electrons. The van der Waals surface area contributed by atoms with E-state index in [1.165, 1.54) is 24.3 Å². The summed E-state index contributed by atoms with van der Waals surface area (Å²) in [5.41, 5.74) is 11.6. The van der Waals surface area contributed by atoms with Gasteiger partial charge in [0.2, 0.25) is 5.52 Å². The van der Waals surface area contributed by atoms with Gasteiger partial charge < -0.3 is 11.5 Å². The Morgan fingerprint density at radius 3 is 2.53 bits per heavy atom. The first-order valence-corrected chi connectivity index (χ1v) is 10.3. The molecule has 172 valence electrons. The third-order valence-corrected chi connectivity index (χ3v) is 5.65. The Balaban J connectivity index is 1.78. The van der Waals surface area contributed by atoms with Crippen molar-refractivity contribution in [3.05, 3.63) is 62.7 Å². The van der Waals surface area contributed by atoms with Gasteiger partial charge in [0, 0.05) is 6.07 Å². The second kappa shape index (κ2) is 7.88. The van der Waals surface area contributed by atoms with Gasteiger partial charge in [-0.3, -0.25) is 19.8 Å². The molecule has 0 unspecified atom stereocenters. The van der Waals surface area contributed by atoms with Crippen molar-refractivity contribution >= 4 is 57.2 Å². The molecule has 12 nitrogen and oxygen atoms in total. The molecule has 0 spiro atoms. The molecule has 2 aromatic carbocycles. The van der Waals surface area contributed by atoms with Crippen molar-refractivity contribution in [3.8, 4) is 0 Å². The van der Waals surface area contributed by atoms with Gasteiger partial charge in [0.25, 0.3) is 5.91 Å². The molecule has 0 atom stereocenters. The van der Waals surface area contributed by atoms with Crippen molar-refractivity contribution in [2.45, 2.75) is 18.8 Å². The fraction of sp³-hybridized carbons (Fsp3) is 0.150. The summed E-state index contributed by atoms with van der Waals surface area (Å²) in [5, 5.41) is 18.6. The van der Waals surface area contributed by atoms with Crippen LogP contribution in [-0.4, -0.2) is 31.1 Å². The number of hydrogen-bond donors (Lipinski definition) is 2. The number of nitro benzene ring substituents is 1. The molecule has 5 rings (SSSR count). The van der Waals surface area contributed by atoms with Gasteiger partial charge in [-0.25, -0.2) is 19.0 Å². The molecule has 2 aromatic heterocycles. The molecule has 0 saturated heterocycles. The minimum atomic E-state index is -0.793. The normalized spacial score (nSPS) is 13.2. The van der Waals surface area contributed by atoms with Crippen LogP contribution in [0.25, 0.3) is 11.0 Å². The van der Waals surface area contributed by atoms with E-state index < -0.39 is 16.6 Å². The second-order valence-electron chi connectivity index (χ2n) is 7.57. The number of non-ortho nitro benzene ring substituents is 1. The SMILES string of the molecule is Nc1nc(N)c(C(=O)N(c2ccc(F)cc2C2CC2)c2ccc([N+](=O)[O-])c3nonc23)nc1Cl. The molecule has 0 aliphatic heterocycles. The average molecular weight is 485 g/mol. The standard InChI is InChI=1S/C20H14ClFN8O4/c21-17-19(24)26-18(23)16(25-17)20(31)29(11-4-3-9(22)7-10(11)8-1-2-8)12-5-6-13(30(32)33)15-14(12)27-34-28-15/h3-8H,1-2H2,(H4,23,24,26). The summed E-state index contributed by atoms with van der Waals surface area (Å²) in [4.78, 5) is 33.6. The first-order valence-electron chi connectivity index (χ1n) is 9.88. The fourth-order valence-electron chi connectivity index (χ4n) is 3.67. The molecule has 1 amide bonds. The van der Waals surface area contributed by atoms with E-state index >= 15 is 0 Å². The Morgan fingerprint density at radius 2 is 1.82 bits per heavy atom. The summed E-state index contributed by atoms with van der Waals surface area (Å²) < 4.78 is 18.9. The lowest BCUT2D eigenvalue weighted by molar-refractivity contribution is -0.383. The quantitative estimate of drug-likeness (QED) is 0.312. The van der Waals surface area contributed by atoms with Crippen molar-refractivity contribution in [1.82, 2.24) is 20.3 Å². The monoisotopic (exact) mass is 484 g/mol. The summed E-state index contributed by atoms with van der Waals surface area (Å²) in [6.45, 7) is 0. The third-order valence-electron chi connectivity index (χ3n) is 5.37. The number of anilines is 4. The molecular formula is C20H14ClFN8O4. The van der Waals surface area contributed by atoms with E-state index in [1.54, 1.807) is 0 Å². The number of nitrogens with zero attached hydrogens (tertiary/aromatic N) is 6. The van der Waals surface area contributed by atoms with Crippen molar-refractivity contribution in [3.63, 3.8) is 0 Å². The third kappa shape index (κ3) is 3.51. The van der Waals surface area contributed by atoms with Crippen LogP contribution in [0.1, 0.15) is 34.8 Å². The lowest BCUT2D eigenvalue weighted by Crippen LogP contribution is -2.29. The van der Waals surface area contributed by atoms with Crippen molar-refractivity contribution in [2.75, 3.05) is 16.4 Å². The summed E-state index contributed by atoms with van der Waals surface area (Å²) in [6, 6.07) is 6.42. The largest absolute Gasteiger partial charge is 0.382 e. The Hall–Kier alpha value is -4.39. The summed E-state index contributed by atoms with van der Waals surface area (Å²) in [6.07, 6.45) is 1.60. The van der Waals surface area contributed by atoms with Crippen molar-refractivity contribution in [2.24, 2.45) is 0 Å². The second-order valence-corrected chi connectivity index (χ2v) is 7.93. The number of amides is 1. The van der Waals surface area contributed by atoms with Crippen LogP contribution >= 0.6 is 11.6 Å². The number of carbonyl (C=O) groups excluding carboxylic acids is 1. The van der Waals surface area contributed by atoms with Crippen LogP contribution in [0.4, 0.5) is 33.1 Å². The number of carbonyl (C=O) groups is 1. The van der Waals surface area contributed by atoms with Gasteiger partial charge >= 0.3 is 5.69 Å². The zero-order chi connectivity index (χ0) is 24.1. The number of fused-ring (bicyclic) bond motifs is 1. The minimum absolute atomic E-state index is 0.0170. The van der Waals surface area contributed by atoms with Crippen LogP contribution in [0.3, 0.4) is 0 Å². The zero-order valence-electron chi connectivity index (χ0n) is 17.1. The van der Waals surface area contributed by atoms with E-state index in [2.05, 4.69) is 20.3 Å². The van der Waals surface area contributed by atoms with Gasteiger partial charge in [0.15, 0.2) is 28.0 Å². The van der Waals surface area contributed by atoms with E-state index in [0.29, 0.717) is 11.3 Å². The van der Waals surface area contributed by atoms with Crippen LogP contribution in [0, 0.1) is 15.9 Å². The molecule has 1 saturated carbocycles.